The molecule has 1 heterocycles. The second-order valence-corrected chi connectivity index (χ2v) is 8.09. The van der Waals surface area contributed by atoms with Crippen molar-refractivity contribution in [2.45, 2.75) is 25.5 Å². The molecule has 20 heavy (non-hydrogen) atoms. The maximum Gasteiger partial charge on any atom is 0.193 e. The molecule has 0 aliphatic heterocycles. The Bertz CT molecular complexity index is 782. The molecular formula is C15H15NO3S. The molecule has 2 rings (SSSR count). The van der Waals surface area contributed by atoms with Gasteiger partial charge in [0.05, 0.1) is 4.75 Å². The van der Waals surface area contributed by atoms with Crippen molar-refractivity contribution in [3.05, 3.63) is 41.0 Å². The van der Waals surface area contributed by atoms with Gasteiger partial charge in [0.15, 0.2) is 9.84 Å². The van der Waals surface area contributed by atoms with E-state index in [-0.39, 0.29) is 4.91 Å². The van der Waals surface area contributed by atoms with Crippen LogP contribution in [-0.4, -0.2) is 13.2 Å². The van der Waals surface area contributed by atoms with E-state index >= 15 is 0 Å². The number of fused-ring (bicyclic) bond motifs is 1. The number of hydrogen-bond acceptors (Lipinski definition) is 4. The molecule has 0 atom stereocenters. The molecule has 0 spiro atoms. The Kier molecular flexibility index (Phi) is 3.45. The maximum atomic E-state index is 12.3. The van der Waals surface area contributed by atoms with Crippen LogP contribution < -0.4 is 0 Å². The van der Waals surface area contributed by atoms with Crippen LogP contribution in [0.15, 0.2) is 39.7 Å². The van der Waals surface area contributed by atoms with Gasteiger partial charge in [0.25, 0.3) is 0 Å². The number of sulfone groups is 1. The summed E-state index contributed by atoms with van der Waals surface area (Å²) < 4.78 is 29.0. The van der Waals surface area contributed by atoms with Crippen LogP contribution in [0.2, 0.25) is 0 Å². The number of rotatable bonds is 2. The van der Waals surface area contributed by atoms with Gasteiger partial charge in [0.2, 0.25) is 0 Å². The van der Waals surface area contributed by atoms with Gasteiger partial charge in [0.1, 0.15) is 22.3 Å². The van der Waals surface area contributed by atoms with Crippen molar-refractivity contribution < 1.29 is 12.8 Å². The zero-order chi connectivity index (χ0) is 15.0. The molecular weight excluding hydrogens is 274 g/mol. The van der Waals surface area contributed by atoms with Crippen LogP contribution in [-0.2, 0) is 9.84 Å². The van der Waals surface area contributed by atoms with Crippen molar-refractivity contribution in [1.82, 2.24) is 0 Å². The average molecular weight is 289 g/mol. The highest BCUT2D eigenvalue weighted by atomic mass is 32.2. The third-order valence-electron chi connectivity index (χ3n) is 2.92. The zero-order valence-corrected chi connectivity index (χ0v) is 12.4. The van der Waals surface area contributed by atoms with Crippen LogP contribution >= 0.6 is 0 Å². The first-order valence-electron chi connectivity index (χ1n) is 6.11. The van der Waals surface area contributed by atoms with Crippen molar-refractivity contribution in [3.63, 3.8) is 0 Å². The van der Waals surface area contributed by atoms with Crippen molar-refractivity contribution >= 4 is 26.9 Å². The van der Waals surface area contributed by atoms with Gasteiger partial charge in [-0.25, -0.2) is 8.42 Å². The highest BCUT2D eigenvalue weighted by Crippen LogP contribution is 2.27. The molecule has 0 amide bonds. The van der Waals surface area contributed by atoms with E-state index in [1.165, 1.54) is 6.08 Å². The van der Waals surface area contributed by atoms with Gasteiger partial charge in [0, 0.05) is 11.5 Å². The zero-order valence-electron chi connectivity index (χ0n) is 11.5. The molecule has 0 radical (unpaired) electrons. The topological polar surface area (TPSA) is 71.1 Å². The molecule has 0 saturated carbocycles. The molecule has 104 valence electrons. The number of hydrogen-bond donors (Lipinski definition) is 0. The minimum absolute atomic E-state index is 0.288. The summed E-state index contributed by atoms with van der Waals surface area (Å²) in [5.74, 6) is 0.357. The number of para-hydroxylation sites is 1. The van der Waals surface area contributed by atoms with E-state index in [0.717, 1.165) is 5.39 Å². The minimum Gasteiger partial charge on any atom is -0.457 e. The highest BCUT2D eigenvalue weighted by Gasteiger charge is 2.33. The van der Waals surface area contributed by atoms with Crippen molar-refractivity contribution in [1.29, 1.82) is 5.26 Å². The Morgan fingerprint density at radius 1 is 1.30 bits per heavy atom. The van der Waals surface area contributed by atoms with Crippen LogP contribution in [0.25, 0.3) is 17.0 Å². The summed E-state index contributed by atoms with van der Waals surface area (Å²) in [6.07, 6.45) is 1.28. The Balaban J connectivity index is 2.55. The average Bonchev–Trinajstić information content (AvgIpc) is 2.76. The summed E-state index contributed by atoms with van der Waals surface area (Å²) in [6.45, 7) is 4.68. The van der Waals surface area contributed by atoms with Gasteiger partial charge < -0.3 is 4.42 Å². The number of nitrogens with zero attached hydrogens (tertiary/aromatic N) is 1. The summed E-state index contributed by atoms with van der Waals surface area (Å²) in [5.41, 5.74) is 0.657. The summed E-state index contributed by atoms with van der Waals surface area (Å²) in [4.78, 5) is -0.288. The molecule has 5 heteroatoms. The summed E-state index contributed by atoms with van der Waals surface area (Å²) in [7, 11) is -3.68. The van der Waals surface area contributed by atoms with E-state index in [9.17, 15) is 8.42 Å². The van der Waals surface area contributed by atoms with E-state index in [0.29, 0.717) is 11.3 Å². The monoisotopic (exact) mass is 289 g/mol. The van der Waals surface area contributed by atoms with Crippen molar-refractivity contribution in [2.24, 2.45) is 0 Å². The first kappa shape index (κ1) is 14.4. The lowest BCUT2D eigenvalue weighted by Gasteiger charge is -2.17. The van der Waals surface area contributed by atoms with Gasteiger partial charge in [-0.1, -0.05) is 18.2 Å². The van der Waals surface area contributed by atoms with Crippen LogP contribution in [0.1, 0.15) is 26.5 Å². The van der Waals surface area contributed by atoms with Crippen LogP contribution in [0.4, 0.5) is 0 Å². The van der Waals surface area contributed by atoms with E-state index in [2.05, 4.69) is 0 Å². The van der Waals surface area contributed by atoms with E-state index in [1.807, 2.05) is 18.2 Å². The molecule has 1 aromatic heterocycles. The van der Waals surface area contributed by atoms with E-state index < -0.39 is 14.6 Å². The second-order valence-electron chi connectivity index (χ2n) is 5.42. The Hall–Kier alpha value is -2.06. The predicted octanol–water partition coefficient (Wildman–Crippen LogP) is 3.51. The maximum absolute atomic E-state index is 12.3. The van der Waals surface area contributed by atoms with Crippen LogP contribution in [0, 0.1) is 11.3 Å². The van der Waals surface area contributed by atoms with Crippen molar-refractivity contribution in [2.75, 3.05) is 0 Å². The predicted molar refractivity (Wildman–Crippen MR) is 78.5 cm³/mol. The van der Waals surface area contributed by atoms with Gasteiger partial charge >= 0.3 is 0 Å². The third kappa shape index (κ3) is 2.47. The van der Waals surface area contributed by atoms with Crippen molar-refractivity contribution in [3.8, 4) is 6.07 Å². The Morgan fingerprint density at radius 2 is 1.95 bits per heavy atom. The molecule has 0 bridgehead atoms. The number of allylic oxidation sites excluding steroid dienone is 1. The molecule has 4 nitrogen and oxygen atoms in total. The Morgan fingerprint density at radius 3 is 2.50 bits per heavy atom. The summed E-state index contributed by atoms with van der Waals surface area (Å²) >= 11 is 0. The van der Waals surface area contributed by atoms with Crippen LogP contribution in [0.3, 0.4) is 0 Å². The molecule has 0 aliphatic rings. The Labute approximate surface area is 118 Å². The quantitative estimate of drug-likeness (QED) is 0.793. The number of nitriles is 1. The van der Waals surface area contributed by atoms with E-state index in [1.54, 1.807) is 39.0 Å². The van der Waals surface area contributed by atoms with Gasteiger partial charge in [-0.2, -0.15) is 5.26 Å². The van der Waals surface area contributed by atoms with Gasteiger partial charge in [-0.15, -0.1) is 0 Å². The SMILES string of the molecule is CC(C)(C)S(=O)(=O)/C(C#N)=C/c1cc2ccccc2o1. The number of benzene rings is 1. The molecule has 0 aliphatic carbocycles. The van der Waals surface area contributed by atoms with Gasteiger partial charge in [-0.05, 0) is 32.9 Å². The largest absolute Gasteiger partial charge is 0.457 e. The molecule has 1 aromatic carbocycles. The third-order valence-corrected chi connectivity index (χ3v) is 5.32. The fourth-order valence-electron chi connectivity index (χ4n) is 1.70. The summed E-state index contributed by atoms with van der Waals surface area (Å²) in [5, 5.41) is 9.99. The van der Waals surface area contributed by atoms with E-state index in [4.69, 9.17) is 9.68 Å². The van der Waals surface area contributed by atoms with Crippen LogP contribution in [0.5, 0.6) is 0 Å². The fourth-order valence-corrected chi connectivity index (χ4v) is 2.75. The lowest BCUT2D eigenvalue weighted by molar-refractivity contribution is 0.568. The second kappa shape index (κ2) is 4.80. The first-order chi connectivity index (χ1) is 9.25. The highest BCUT2D eigenvalue weighted by molar-refractivity contribution is 7.97. The smallest absolute Gasteiger partial charge is 0.193 e. The fraction of sp³-hybridized carbons (Fsp3) is 0.267. The minimum atomic E-state index is -3.68. The normalized spacial score (nSPS) is 13.4. The molecule has 0 N–H and O–H groups in total. The standard InChI is InChI=1S/C15H15NO3S/c1-15(2,3)20(17,18)13(10-16)9-12-8-11-6-4-5-7-14(11)19-12/h4-9H,1-3H3/b13-9+. The first-order valence-corrected chi connectivity index (χ1v) is 7.59. The lowest BCUT2D eigenvalue weighted by Crippen LogP contribution is -2.28. The molecule has 2 aromatic rings. The molecule has 0 saturated heterocycles. The molecule has 0 unspecified atom stereocenters. The lowest BCUT2D eigenvalue weighted by atomic mass is 10.2. The molecule has 0 fully saturated rings. The van der Waals surface area contributed by atoms with Gasteiger partial charge in [-0.3, -0.25) is 0 Å². The summed E-state index contributed by atoms with van der Waals surface area (Å²) in [6, 6.07) is 10.8. The number of furan rings is 1.